The molecule has 3 nitrogen and oxygen atoms in total. The predicted molar refractivity (Wildman–Crippen MR) is 56.1 cm³/mol. The highest BCUT2D eigenvalue weighted by atomic mass is 19.4. The van der Waals surface area contributed by atoms with Gasteiger partial charge in [-0.2, -0.15) is 13.2 Å². The van der Waals surface area contributed by atoms with Crippen LogP contribution in [-0.2, 0) is 10.9 Å². The zero-order chi connectivity index (χ0) is 12.5. The number of hydrogen-bond acceptors (Lipinski definition) is 3. The van der Waals surface area contributed by atoms with Crippen LogP contribution in [0.15, 0.2) is 24.3 Å². The third-order valence-corrected chi connectivity index (χ3v) is 2.66. The molecule has 1 aromatic carbocycles. The molecule has 1 heterocycles. The monoisotopic (exact) mass is 246 g/mol. The molecule has 2 unspecified atom stereocenters. The molecule has 2 N–H and O–H groups in total. The van der Waals surface area contributed by atoms with Crippen molar-refractivity contribution < 1.29 is 17.9 Å². The molecule has 0 aliphatic carbocycles. The van der Waals surface area contributed by atoms with Crippen molar-refractivity contribution >= 4 is 0 Å². The van der Waals surface area contributed by atoms with Crippen molar-refractivity contribution in [2.75, 3.05) is 13.7 Å². The molecule has 6 heteroatoms. The molecule has 2 atom stereocenters. The number of nitrogens with one attached hydrogen (secondary N) is 2. The number of rotatable bonds is 2. The fourth-order valence-electron chi connectivity index (χ4n) is 1.76. The van der Waals surface area contributed by atoms with Crippen molar-refractivity contribution in [1.29, 1.82) is 0 Å². The van der Waals surface area contributed by atoms with Crippen molar-refractivity contribution in [2.45, 2.75) is 18.6 Å². The second kappa shape index (κ2) is 4.64. The number of alkyl halides is 3. The van der Waals surface area contributed by atoms with E-state index >= 15 is 0 Å². The molecule has 2 rings (SSSR count). The molecule has 0 aromatic heterocycles. The first kappa shape index (κ1) is 12.3. The molecule has 0 spiro atoms. The Morgan fingerprint density at radius 1 is 1.41 bits per heavy atom. The van der Waals surface area contributed by atoms with E-state index in [1.54, 1.807) is 13.1 Å². The van der Waals surface area contributed by atoms with Crippen LogP contribution in [0.4, 0.5) is 13.2 Å². The average molecular weight is 246 g/mol. The van der Waals surface area contributed by atoms with Gasteiger partial charge in [0.15, 0.2) is 6.35 Å². The molecule has 94 valence electrons. The van der Waals surface area contributed by atoms with Crippen LogP contribution >= 0.6 is 0 Å². The summed E-state index contributed by atoms with van der Waals surface area (Å²) in [6, 6.07) is 5.07. The van der Waals surface area contributed by atoms with E-state index in [-0.39, 0.29) is 12.4 Å². The summed E-state index contributed by atoms with van der Waals surface area (Å²) in [5.74, 6) is 0. The van der Waals surface area contributed by atoms with E-state index in [0.29, 0.717) is 12.2 Å². The van der Waals surface area contributed by atoms with E-state index in [0.717, 1.165) is 12.1 Å². The minimum atomic E-state index is -4.31. The van der Waals surface area contributed by atoms with Gasteiger partial charge in [0.2, 0.25) is 0 Å². The lowest BCUT2D eigenvalue weighted by molar-refractivity contribution is -0.137. The lowest BCUT2D eigenvalue weighted by atomic mass is 10.0. The third-order valence-electron chi connectivity index (χ3n) is 2.66. The number of halogens is 3. The van der Waals surface area contributed by atoms with Crippen LogP contribution in [-0.4, -0.2) is 20.0 Å². The van der Waals surface area contributed by atoms with E-state index in [1.807, 2.05) is 0 Å². The average Bonchev–Trinajstić information content (AvgIpc) is 2.76. The zero-order valence-electron chi connectivity index (χ0n) is 9.21. The summed E-state index contributed by atoms with van der Waals surface area (Å²) in [7, 11) is 1.71. The standard InChI is InChI=1S/C11H13F3N2O/c1-15-10-16-9(6-17-10)7-3-2-4-8(5-7)11(12,13)14/h2-5,9-10,15-16H,6H2,1H3. The molecule has 0 bridgehead atoms. The van der Waals surface area contributed by atoms with Crippen LogP contribution in [0.5, 0.6) is 0 Å². The normalized spacial score (nSPS) is 25.2. The summed E-state index contributed by atoms with van der Waals surface area (Å²) in [4.78, 5) is 0. The molecule has 1 aromatic rings. The molecule has 17 heavy (non-hydrogen) atoms. The van der Waals surface area contributed by atoms with Gasteiger partial charge in [-0.3, -0.25) is 10.6 Å². The van der Waals surface area contributed by atoms with Crippen molar-refractivity contribution in [2.24, 2.45) is 0 Å². The number of benzene rings is 1. The van der Waals surface area contributed by atoms with Gasteiger partial charge in [-0.1, -0.05) is 12.1 Å². The summed E-state index contributed by atoms with van der Waals surface area (Å²) in [6.45, 7) is 0.354. The summed E-state index contributed by atoms with van der Waals surface area (Å²) in [5.41, 5.74) is -0.0534. The van der Waals surface area contributed by atoms with Crippen molar-refractivity contribution in [3.63, 3.8) is 0 Å². The van der Waals surface area contributed by atoms with Crippen LogP contribution in [0.2, 0.25) is 0 Å². The molecular formula is C11H13F3N2O. The Morgan fingerprint density at radius 3 is 2.76 bits per heavy atom. The SMILES string of the molecule is CNC1NC(c2cccc(C(F)(F)F)c2)CO1. The third kappa shape index (κ3) is 2.77. The quantitative estimate of drug-likeness (QED) is 0.835. The summed E-state index contributed by atoms with van der Waals surface area (Å²) in [5, 5.41) is 5.89. The van der Waals surface area contributed by atoms with E-state index in [9.17, 15) is 13.2 Å². The maximum atomic E-state index is 12.5. The summed E-state index contributed by atoms with van der Waals surface area (Å²) >= 11 is 0. The predicted octanol–water partition coefficient (Wildman–Crippen LogP) is 1.87. The highest BCUT2D eigenvalue weighted by molar-refractivity contribution is 5.28. The maximum Gasteiger partial charge on any atom is 0.416 e. The largest absolute Gasteiger partial charge is 0.416 e. The van der Waals surface area contributed by atoms with Crippen LogP contribution < -0.4 is 10.6 Å². The Balaban J connectivity index is 2.17. The Bertz CT molecular complexity index is 395. The lowest BCUT2D eigenvalue weighted by Crippen LogP contribution is -2.36. The van der Waals surface area contributed by atoms with Crippen LogP contribution in [0.1, 0.15) is 17.2 Å². The van der Waals surface area contributed by atoms with Gasteiger partial charge in [0.05, 0.1) is 18.2 Å². The molecule has 1 aliphatic heterocycles. The van der Waals surface area contributed by atoms with Crippen molar-refractivity contribution in [3.05, 3.63) is 35.4 Å². The number of ether oxygens (including phenoxy) is 1. The fraction of sp³-hybridized carbons (Fsp3) is 0.455. The van der Waals surface area contributed by atoms with E-state index < -0.39 is 11.7 Å². The van der Waals surface area contributed by atoms with Gasteiger partial charge >= 0.3 is 6.18 Å². The smallest absolute Gasteiger partial charge is 0.348 e. The first-order valence-corrected chi connectivity index (χ1v) is 5.23. The van der Waals surface area contributed by atoms with E-state index in [1.165, 1.54) is 6.07 Å². The van der Waals surface area contributed by atoms with Gasteiger partial charge in [0.1, 0.15) is 0 Å². The highest BCUT2D eigenvalue weighted by Crippen LogP contribution is 2.31. The van der Waals surface area contributed by atoms with Gasteiger partial charge < -0.3 is 4.74 Å². The van der Waals surface area contributed by atoms with Gasteiger partial charge in [-0.05, 0) is 24.7 Å². The van der Waals surface area contributed by atoms with E-state index in [4.69, 9.17) is 4.74 Å². The van der Waals surface area contributed by atoms with E-state index in [2.05, 4.69) is 10.6 Å². The minimum absolute atomic E-state index is 0.213. The molecule has 1 fully saturated rings. The Kier molecular flexibility index (Phi) is 3.37. The van der Waals surface area contributed by atoms with Crippen LogP contribution in [0.3, 0.4) is 0 Å². The molecule has 0 radical (unpaired) electrons. The van der Waals surface area contributed by atoms with Crippen molar-refractivity contribution in [3.8, 4) is 0 Å². The second-order valence-electron chi connectivity index (χ2n) is 3.84. The molecule has 1 aliphatic rings. The van der Waals surface area contributed by atoms with Gasteiger partial charge in [0, 0.05) is 0 Å². The first-order valence-electron chi connectivity index (χ1n) is 5.23. The van der Waals surface area contributed by atoms with Crippen molar-refractivity contribution in [1.82, 2.24) is 10.6 Å². The van der Waals surface area contributed by atoms with Crippen LogP contribution in [0.25, 0.3) is 0 Å². The summed E-state index contributed by atoms with van der Waals surface area (Å²) in [6.07, 6.45) is -4.62. The van der Waals surface area contributed by atoms with Gasteiger partial charge in [-0.25, -0.2) is 0 Å². The van der Waals surface area contributed by atoms with Crippen LogP contribution in [0, 0.1) is 0 Å². The highest BCUT2D eigenvalue weighted by Gasteiger charge is 2.32. The Labute approximate surface area is 97.0 Å². The fourth-order valence-corrected chi connectivity index (χ4v) is 1.76. The summed E-state index contributed by atoms with van der Waals surface area (Å²) < 4.78 is 42.9. The molecule has 0 amide bonds. The Hall–Kier alpha value is -1.11. The molecule has 1 saturated heterocycles. The van der Waals surface area contributed by atoms with Gasteiger partial charge in [-0.15, -0.1) is 0 Å². The maximum absolute atomic E-state index is 12.5. The molecular weight excluding hydrogens is 233 g/mol. The number of hydrogen-bond donors (Lipinski definition) is 2. The second-order valence-corrected chi connectivity index (χ2v) is 3.84. The Morgan fingerprint density at radius 2 is 2.18 bits per heavy atom. The topological polar surface area (TPSA) is 33.3 Å². The first-order chi connectivity index (χ1) is 8.00. The zero-order valence-corrected chi connectivity index (χ0v) is 9.21. The lowest BCUT2D eigenvalue weighted by Gasteiger charge is -2.13. The molecule has 0 saturated carbocycles. The minimum Gasteiger partial charge on any atom is -0.348 e. The van der Waals surface area contributed by atoms with Gasteiger partial charge in [0.25, 0.3) is 0 Å².